The van der Waals surface area contributed by atoms with Crippen molar-refractivity contribution in [3.63, 3.8) is 0 Å². The molecule has 0 spiro atoms. The lowest BCUT2D eigenvalue weighted by Crippen LogP contribution is -2.49. The Balaban J connectivity index is 1.03. The molecule has 0 aliphatic carbocycles. The van der Waals surface area contributed by atoms with Crippen LogP contribution in [0.2, 0.25) is 0 Å². The Kier molecular flexibility index (Phi) is 7.07. The Hall–Kier alpha value is -5.12. The third-order valence-electron chi connectivity index (χ3n) is 8.61. The van der Waals surface area contributed by atoms with Crippen LogP contribution in [0.3, 0.4) is 0 Å². The predicted molar refractivity (Wildman–Crippen MR) is 159 cm³/mol. The third-order valence-corrected chi connectivity index (χ3v) is 8.61. The number of anilines is 1. The minimum absolute atomic E-state index is 0.00156. The number of nitrogens with zero attached hydrogens (tertiary/aromatic N) is 8. The largest absolute Gasteiger partial charge is 0.377 e. The monoisotopic (exact) mass is 608 g/mol. The highest BCUT2D eigenvalue weighted by atomic mass is 19.3. The fourth-order valence-corrected chi connectivity index (χ4v) is 6.07. The Morgan fingerprint density at radius 1 is 0.911 bits per heavy atom. The van der Waals surface area contributed by atoms with Crippen molar-refractivity contribution >= 4 is 5.69 Å². The standard InChI is InChI=1S/C33H27F3N8O/c34-26-8-11-29-28(17-26)31-39-40-41-44(31)21-32(29,45)33(35,36)30-12-7-25(19-38-30)24-5-1-23(2-6-24)20-42-13-15-43(16-14-42)27-9-3-22(18-37)4-10-27/h1-12,17,19,45H,13-16,20-21H2/t32-/m0/s1. The number of hydrogen-bond acceptors (Lipinski definition) is 8. The van der Waals surface area contributed by atoms with Gasteiger partial charge < -0.3 is 10.0 Å². The molecule has 1 fully saturated rings. The fraction of sp³-hybridized carbons (Fsp3) is 0.242. The summed E-state index contributed by atoms with van der Waals surface area (Å²) < 4.78 is 47.2. The molecule has 2 aliphatic heterocycles. The maximum atomic E-state index is 16.1. The van der Waals surface area contributed by atoms with Crippen LogP contribution >= 0.6 is 0 Å². The third kappa shape index (κ3) is 5.09. The Morgan fingerprint density at radius 2 is 1.64 bits per heavy atom. The van der Waals surface area contributed by atoms with Crippen LogP contribution in [0.4, 0.5) is 18.9 Å². The number of aromatic nitrogens is 5. The summed E-state index contributed by atoms with van der Waals surface area (Å²) in [5.41, 5.74) is 0.813. The molecule has 226 valence electrons. The highest BCUT2D eigenvalue weighted by Crippen LogP contribution is 2.50. The van der Waals surface area contributed by atoms with Gasteiger partial charge in [0.25, 0.3) is 0 Å². The number of fused-ring (bicyclic) bond motifs is 3. The lowest BCUT2D eigenvalue weighted by atomic mass is 9.80. The normalized spacial score (nSPS) is 18.2. The quantitative estimate of drug-likeness (QED) is 0.295. The van der Waals surface area contributed by atoms with Crippen LogP contribution in [-0.4, -0.2) is 61.4 Å². The molecule has 0 saturated carbocycles. The van der Waals surface area contributed by atoms with E-state index in [4.69, 9.17) is 5.26 Å². The molecule has 3 aromatic carbocycles. The Morgan fingerprint density at radius 3 is 2.33 bits per heavy atom. The first-order valence-corrected chi connectivity index (χ1v) is 14.5. The van der Waals surface area contributed by atoms with E-state index in [9.17, 15) is 9.50 Å². The average Bonchev–Trinajstić information content (AvgIpc) is 3.54. The molecule has 5 aromatic rings. The molecule has 9 nitrogen and oxygen atoms in total. The van der Waals surface area contributed by atoms with Crippen molar-refractivity contribution in [2.75, 3.05) is 31.1 Å². The Bertz CT molecular complexity index is 1880. The van der Waals surface area contributed by atoms with Gasteiger partial charge in [0.2, 0.25) is 0 Å². The number of nitriles is 1. The van der Waals surface area contributed by atoms with Crippen molar-refractivity contribution in [2.45, 2.75) is 24.6 Å². The minimum atomic E-state index is -3.85. The average molecular weight is 609 g/mol. The van der Waals surface area contributed by atoms with Crippen molar-refractivity contribution in [3.8, 4) is 28.6 Å². The molecule has 2 aromatic heterocycles. The molecule has 0 radical (unpaired) electrons. The molecule has 0 bridgehead atoms. The van der Waals surface area contributed by atoms with Crippen LogP contribution in [0.1, 0.15) is 22.4 Å². The van der Waals surface area contributed by atoms with Crippen LogP contribution in [-0.2, 0) is 24.6 Å². The molecule has 1 atom stereocenters. The summed E-state index contributed by atoms with van der Waals surface area (Å²) >= 11 is 0. The topological polar surface area (TPSA) is 107 Å². The SMILES string of the molecule is N#Cc1ccc(N2CCN(Cc3ccc(-c4ccc(C(F)(F)[C@]5(O)Cn6nnnc6-c6cc(F)ccc65)nc4)cc3)CC2)cc1. The van der Waals surface area contributed by atoms with Gasteiger partial charge in [-0.2, -0.15) is 14.0 Å². The molecular formula is C33H27F3N8O. The molecular weight excluding hydrogens is 581 g/mol. The number of alkyl halides is 2. The first-order valence-electron chi connectivity index (χ1n) is 14.5. The first-order chi connectivity index (χ1) is 21.7. The van der Waals surface area contributed by atoms with Crippen molar-refractivity contribution in [3.05, 3.63) is 113 Å². The van der Waals surface area contributed by atoms with Gasteiger partial charge in [-0.3, -0.25) is 9.88 Å². The second-order valence-corrected chi connectivity index (χ2v) is 11.3. The van der Waals surface area contributed by atoms with Crippen molar-refractivity contribution in [1.29, 1.82) is 5.26 Å². The lowest BCUT2D eigenvalue weighted by Gasteiger charge is -2.39. The Labute approximate surface area is 256 Å². The van der Waals surface area contributed by atoms with Crippen LogP contribution in [0.15, 0.2) is 85.1 Å². The molecule has 0 amide bonds. The van der Waals surface area contributed by atoms with E-state index in [-0.39, 0.29) is 17.0 Å². The number of piperazine rings is 1. The first kappa shape index (κ1) is 28.6. The molecule has 2 aliphatic rings. The van der Waals surface area contributed by atoms with E-state index in [1.165, 1.54) is 12.3 Å². The van der Waals surface area contributed by atoms with E-state index >= 15 is 8.78 Å². The molecule has 1 N–H and O–H groups in total. The van der Waals surface area contributed by atoms with Gasteiger partial charge in [-0.25, -0.2) is 9.07 Å². The van der Waals surface area contributed by atoms with E-state index in [1.54, 1.807) is 6.07 Å². The number of pyridine rings is 1. The van der Waals surface area contributed by atoms with Gasteiger partial charge in [-0.15, -0.1) is 5.10 Å². The predicted octanol–water partition coefficient (Wildman–Crippen LogP) is 4.73. The number of halogens is 3. The molecule has 4 heterocycles. The summed E-state index contributed by atoms with van der Waals surface area (Å²) in [6.07, 6.45) is 1.36. The summed E-state index contributed by atoms with van der Waals surface area (Å²) in [6.45, 7) is 3.75. The smallest absolute Gasteiger partial charge is 0.323 e. The van der Waals surface area contributed by atoms with Crippen molar-refractivity contribution in [1.82, 2.24) is 30.1 Å². The molecule has 45 heavy (non-hydrogen) atoms. The van der Waals surface area contributed by atoms with Crippen molar-refractivity contribution in [2.24, 2.45) is 0 Å². The molecule has 12 heteroatoms. The zero-order chi connectivity index (χ0) is 31.2. The number of hydrogen-bond donors (Lipinski definition) is 1. The number of tetrazole rings is 1. The molecule has 0 unspecified atom stereocenters. The molecule has 7 rings (SSSR count). The summed E-state index contributed by atoms with van der Waals surface area (Å²) in [5, 5.41) is 31.5. The summed E-state index contributed by atoms with van der Waals surface area (Å²) in [7, 11) is 0. The van der Waals surface area contributed by atoms with Gasteiger partial charge in [0.05, 0.1) is 18.2 Å². The lowest BCUT2D eigenvalue weighted by molar-refractivity contribution is -0.207. The number of benzene rings is 3. The van der Waals surface area contributed by atoms with E-state index in [1.807, 2.05) is 48.5 Å². The number of rotatable bonds is 6. The maximum absolute atomic E-state index is 16.1. The zero-order valence-corrected chi connectivity index (χ0v) is 24.0. The highest BCUT2D eigenvalue weighted by Gasteiger charge is 2.59. The van der Waals surface area contributed by atoms with Gasteiger partial charge in [0.15, 0.2) is 11.4 Å². The van der Waals surface area contributed by atoms with E-state index < -0.39 is 29.6 Å². The van der Waals surface area contributed by atoms with Crippen LogP contribution in [0, 0.1) is 17.1 Å². The second-order valence-electron chi connectivity index (χ2n) is 11.3. The van der Waals surface area contributed by atoms with Gasteiger partial charge in [0, 0.05) is 61.3 Å². The van der Waals surface area contributed by atoms with Gasteiger partial charge in [0.1, 0.15) is 11.5 Å². The summed E-state index contributed by atoms with van der Waals surface area (Å²) in [4.78, 5) is 8.76. The van der Waals surface area contributed by atoms with E-state index in [2.05, 4.69) is 36.4 Å². The second kappa shape index (κ2) is 11.1. The van der Waals surface area contributed by atoms with E-state index in [0.717, 1.165) is 72.4 Å². The van der Waals surface area contributed by atoms with Gasteiger partial charge in [-0.1, -0.05) is 36.4 Å². The highest BCUT2D eigenvalue weighted by molar-refractivity contribution is 5.65. The summed E-state index contributed by atoms with van der Waals surface area (Å²) in [6, 6.07) is 23.7. The summed E-state index contributed by atoms with van der Waals surface area (Å²) in [5.74, 6) is -4.41. The zero-order valence-electron chi connectivity index (χ0n) is 24.0. The minimum Gasteiger partial charge on any atom is -0.377 e. The van der Waals surface area contributed by atoms with Gasteiger partial charge in [-0.05, 0) is 64.0 Å². The van der Waals surface area contributed by atoms with Crippen LogP contribution < -0.4 is 4.90 Å². The fourth-order valence-electron chi connectivity index (χ4n) is 6.07. The van der Waals surface area contributed by atoms with Crippen LogP contribution in [0.25, 0.3) is 22.5 Å². The number of aliphatic hydroxyl groups is 1. The molecule has 1 saturated heterocycles. The van der Waals surface area contributed by atoms with Crippen molar-refractivity contribution < 1.29 is 18.3 Å². The van der Waals surface area contributed by atoms with E-state index in [0.29, 0.717) is 11.1 Å². The van der Waals surface area contributed by atoms with Crippen LogP contribution in [0.5, 0.6) is 0 Å². The maximum Gasteiger partial charge on any atom is 0.323 e. The van der Waals surface area contributed by atoms with Gasteiger partial charge >= 0.3 is 5.92 Å².